The topological polar surface area (TPSA) is 55.8 Å². The summed E-state index contributed by atoms with van der Waals surface area (Å²) >= 11 is 0. The monoisotopic (exact) mass is 258 g/mol. The summed E-state index contributed by atoms with van der Waals surface area (Å²) in [5.74, 6) is -0.399. The van der Waals surface area contributed by atoms with E-state index in [4.69, 9.17) is 14.6 Å². The molecule has 0 saturated heterocycles. The SMILES string of the molecule is COCOc1ccc2ccccc2c1C=CC(=O)O. The minimum atomic E-state index is -0.995. The van der Waals surface area contributed by atoms with Crippen molar-refractivity contribution in [2.24, 2.45) is 0 Å². The Balaban J connectivity index is 2.54. The number of benzene rings is 2. The number of ether oxygens (including phenoxy) is 2. The molecule has 0 aliphatic rings. The number of hydrogen-bond acceptors (Lipinski definition) is 3. The molecule has 0 atom stereocenters. The van der Waals surface area contributed by atoms with Gasteiger partial charge in [0.05, 0.1) is 0 Å². The fraction of sp³-hybridized carbons (Fsp3) is 0.133. The van der Waals surface area contributed by atoms with Gasteiger partial charge in [-0.25, -0.2) is 4.79 Å². The molecule has 0 aromatic heterocycles. The van der Waals surface area contributed by atoms with Crippen molar-refractivity contribution in [1.82, 2.24) is 0 Å². The van der Waals surface area contributed by atoms with Gasteiger partial charge in [0.15, 0.2) is 6.79 Å². The summed E-state index contributed by atoms with van der Waals surface area (Å²) in [4.78, 5) is 10.7. The molecule has 0 radical (unpaired) electrons. The van der Waals surface area contributed by atoms with Crippen molar-refractivity contribution < 1.29 is 19.4 Å². The van der Waals surface area contributed by atoms with Gasteiger partial charge in [-0.05, 0) is 22.9 Å². The first-order valence-corrected chi connectivity index (χ1v) is 5.77. The third-order valence-electron chi connectivity index (χ3n) is 2.66. The molecule has 4 heteroatoms. The van der Waals surface area contributed by atoms with Crippen LogP contribution < -0.4 is 4.74 Å². The molecule has 2 rings (SSSR count). The summed E-state index contributed by atoms with van der Waals surface area (Å²) < 4.78 is 10.3. The lowest BCUT2D eigenvalue weighted by Gasteiger charge is -2.11. The molecule has 1 N–H and O–H groups in total. The number of carboxylic acids is 1. The van der Waals surface area contributed by atoms with Crippen LogP contribution in [0, 0.1) is 0 Å². The van der Waals surface area contributed by atoms with Crippen LogP contribution in [0.2, 0.25) is 0 Å². The first kappa shape index (κ1) is 13.1. The van der Waals surface area contributed by atoms with Crippen LogP contribution in [-0.4, -0.2) is 25.0 Å². The quantitative estimate of drug-likeness (QED) is 0.661. The third kappa shape index (κ3) is 3.11. The zero-order valence-electron chi connectivity index (χ0n) is 10.5. The number of aliphatic carboxylic acids is 1. The van der Waals surface area contributed by atoms with Gasteiger partial charge >= 0.3 is 5.97 Å². The van der Waals surface area contributed by atoms with Crippen LogP contribution in [0.15, 0.2) is 42.5 Å². The van der Waals surface area contributed by atoms with Gasteiger partial charge in [-0.1, -0.05) is 30.3 Å². The first-order chi connectivity index (χ1) is 9.22. The van der Waals surface area contributed by atoms with Crippen molar-refractivity contribution in [2.45, 2.75) is 0 Å². The van der Waals surface area contributed by atoms with Gasteiger partial charge in [-0.15, -0.1) is 0 Å². The number of hydrogen-bond donors (Lipinski definition) is 1. The van der Waals surface area contributed by atoms with Gasteiger partial charge in [0.1, 0.15) is 5.75 Å². The largest absolute Gasteiger partial charge is 0.478 e. The number of methoxy groups -OCH3 is 1. The highest BCUT2D eigenvalue weighted by Crippen LogP contribution is 2.29. The van der Waals surface area contributed by atoms with Crippen LogP contribution in [0.1, 0.15) is 5.56 Å². The van der Waals surface area contributed by atoms with E-state index in [0.29, 0.717) is 5.75 Å². The molecule has 98 valence electrons. The Kier molecular flexibility index (Phi) is 4.15. The van der Waals surface area contributed by atoms with E-state index in [2.05, 4.69) is 0 Å². The second kappa shape index (κ2) is 6.02. The van der Waals surface area contributed by atoms with Crippen LogP contribution in [0.4, 0.5) is 0 Å². The fourth-order valence-corrected chi connectivity index (χ4v) is 1.85. The molecule has 0 fully saturated rings. The molecule has 0 amide bonds. The Morgan fingerprint density at radius 1 is 1.26 bits per heavy atom. The van der Waals surface area contributed by atoms with E-state index in [1.165, 1.54) is 13.2 Å². The number of carboxylic acid groups (broad SMARTS) is 1. The molecule has 0 saturated carbocycles. The second-order valence-corrected chi connectivity index (χ2v) is 3.92. The molecule has 0 aliphatic heterocycles. The van der Waals surface area contributed by atoms with Gasteiger partial charge in [0.2, 0.25) is 0 Å². The lowest BCUT2D eigenvalue weighted by molar-refractivity contribution is -0.131. The molecule has 2 aromatic rings. The summed E-state index contributed by atoms with van der Waals surface area (Å²) in [5.41, 5.74) is 0.734. The van der Waals surface area contributed by atoms with Crippen molar-refractivity contribution in [2.75, 3.05) is 13.9 Å². The van der Waals surface area contributed by atoms with Gasteiger partial charge in [-0.2, -0.15) is 0 Å². The van der Waals surface area contributed by atoms with E-state index in [1.54, 1.807) is 0 Å². The molecule has 0 unspecified atom stereocenters. The first-order valence-electron chi connectivity index (χ1n) is 5.77. The van der Waals surface area contributed by atoms with Crippen LogP contribution >= 0.6 is 0 Å². The van der Waals surface area contributed by atoms with E-state index in [0.717, 1.165) is 22.4 Å². The molecular weight excluding hydrogens is 244 g/mol. The maximum Gasteiger partial charge on any atom is 0.328 e. The summed E-state index contributed by atoms with van der Waals surface area (Å²) in [6, 6.07) is 11.5. The zero-order valence-corrected chi connectivity index (χ0v) is 10.5. The molecule has 0 spiro atoms. The van der Waals surface area contributed by atoms with Gasteiger partial charge < -0.3 is 14.6 Å². The lowest BCUT2D eigenvalue weighted by Crippen LogP contribution is -2.00. The Labute approximate surface area is 110 Å². The molecular formula is C15H14O4. The van der Waals surface area contributed by atoms with Crippen molar-refractivity contribution in [1.29, 1.82) is 0 Å². The normalized spacial score (nSPS) is 11.0. The molecule has 19 heavy (non-hydrogen) atoms. The summed E-state index contributed by atoms with van der Waals surface area (Å²) in [6.07, 6.45) is 2.64. The second-order valence-electron chi connectivity index (χ2n) is 3.92. The molecule has 4 nitrogen and oxygen atoms in total. The third-order valence-corrected chi connectivity index (χ3v) is 2.66. The Bertz CT molecular complexity index is 617. The average molecular weight is 258 g/mol. The maximum absolute atomic E-state index is 10.7. The van der Waals surface area contributed by atoms with Crippen LogP contribution in [0.5, 0.6) is 5.75 Å². The zero-order chi connectivity index (χ0) is 13.7. The predicted molar refractivity (Wildman–Crippen MR) is 73.1 cm³/mol. The fourth-order valence-electron chi connectivity index (χ4n) is 1.85. The van der Waals surface area contributed by atoms with Gasteiger partial charge in [0.25, 0.3) is 0 Å². The Hall–Kier alpha value is -2.33. The summed E-state index contributed by atoms with van der Waals surface area (Å²) in [7, 11) is 1.54. The van der Waals surface area contributed by atoms with E-state index in [9.17, 15) is 4.79 Å². The molecule has 0 heterocycles. The maximum atomic E-state index is 10.7. The van der Waals surface area contributed by atoms with Crippen molar-refractivity contribution in [3.8, 4) is 5.75 Å². The predicted octanol–water partition coefficient (Wildman–Crippen LogP) is 2.92. The molecule has 2 aromatic carbocycles. The smallest absolute Gasteiger partial charge is 0.328 e. The van der Waals surface area contributed by atoms with Crippen molar-refractivity contribution >= 4 is 22.8 Å². The van der Waals surface area contributed by atoms with Crippen LogP contribution in [0.25, 0.3) is 16.8 Å². The van der Waals surface area contributed by atoms with E-state index in [-0.39, 0.29) is 6.79 Å². The number of fused-ring (bicyclic) bond motifs is 1. The van der Waals surface area contributed by atoms with E-state index in [1.807, 2.05) is 36.4 Å². The van der Waals surface area contributed by atoms with E-state index >= 15 is 0 Å². The van der Waals surface area contributed by atoms with Gasteiger partial charge in [0, 0.05) is 18.7 Å². The molecule has 0 bridgehead atoms. The number of carbonyl (C=O) groups is 1. The van der Waals surface area contributed by atoms with Crippen LogP contribution in [0.3, 0.4) is 0 Å². The average Bonchev–Trinajstić information content (AvgIpc) is 2.42. The van der Waals surface area contributed by atoms with Gasteiger partial charge in [-0.3, -0.25) is 0 Å². The van der Waals surface area contributed by atoms with Crippen molar-refractivity contribution in [3.05, 3.63) is 48.0 Å². The highest BCUT2D eigenvalue weighted by Gasteiger charge is 2.06. The lowest BCUT2D eigenvalue weighted by atomic mass is 10.0. The Morgan fingerprint density at radius 3 is 2.79 bits per heavy atom. The van der Waals surface area contributed by atoms with E-state index < -0.39 is 5.97 Å². The Morgan fingerprint density at radius 2 is 2.05 bits per heavy atom. The summed E-state index contributed by atoms with van der Waals surface area (Å²) in [6.45, 7) is 0.117. The minimum Gasteiger partial charge on any atom is -0.478 e. The highest BCUT2D eigenvalue weighted by atomic mass is 16.7. The van der Waals surface area contributed by atoms with Crippen molar-refractivity contribution in [3.63, 3.8) is 0 Å². The van der Waals surface area contributed by atoms with Crippen LogP contribution in [-0.2, 0) is 9.53 Å². The standard InChI is InChI=1S/C15H14O4/c1-18-10-19-14-8-6-11-4-2-3-5-12(11)13(14)7-9-15(16)17/h2-9H,10H2,1H3,(H,16,17). The highest BCUT2D eigenvalue weighted by molar-refractivity contribution is 5.96. The summed E-state index contributed by atoms with van der Waals surface area (Å²) in [5, 5.41) is 10.7. The molecule has 0 aliphatic carbocycles. The minimum absolute atomic E-state index is 0.117. The number of rotatable bonds is 5.